The first-order valence-electron chi connectivity index (χ1n) is 6.14. The highest BCUT2D eigenvalue weighted by Crippen LogP contribution is 2.29. The summed E-state index contributed by atoms with van der Waals surface area (Å²) in [6.07, 6.45) is -2.31. The molecule has 0 spiro atoms. The van der Waals surface area contributed by atoms with Crippen molar-refractivity contribution in [1.29, 1.82) is 0 Å². The van der Waals surface area contributed by atoms with Gasteiger partial charge in [-0.2, -0.15) is 13.2 Å². The number of pyridine rings is 1. The van der Waals surface area contributed by atoms with Crippen molar-refractivity contribution in [3.63, 3.8) is 0 Å². The topological polar surface area (TPSA) is 50.9 Å². The molecule has 0 bridgehead atoms. The number of nitrogens with one attached hydrogen (secondary N) is 1. The molecule has 0 aliphatic carbocycles. The first kappa shape index (κ1) is 15.8. The number of nitrogens with two attached hydrogens (primary N) is 1. The van der Waals surface area contributed by atoms with Gasteiger partial charge in [0.25, 0.3) is 0 Å². The molecule has 2 rings (SSSR count). The summed E-state index contributed by atoms with van der Waals surface area (Å²) in [7, 11) is 0. The summed E-state index contributed by atoms with van der Waals surface area (Å²) in [6.45, 7) is 0. The van der Waals surface area contributed by atoms with E-state index in [0.29, 0.717) is 11.6 Å². The zero-order valence-corrected chi connectivity index (χ0v) is 11.6. The molecule has 0 aliphatic rings. The van der Waals surface area contributed by atoms with Crippen molar-refractivity contribution in [2.75, 3.05) is 0 Å². The number of hydrogen-bond acceptors (Lipinski definition) is 3. The minimum Gasteiger partial charge on any atom is -0.271 e. The van der Waals surface area contributed by atoms with Gasteiger partial charge in [-0.15, -0.1) is 0 Å². The Labute approximate surface area is 124 Å². The number of nitrogens with zero attached hydrogens (tertiary/aromatic N) is 1. The van der Waals surface area contributed by atoms with E-state index in [1.165, 1.54) is 12.1 Å². The monoisotopic (exact) mass is 315 g/mol. The lowest BCUT2D eigenvalue weighted by atomic mass is 10.00. The highest BCUT2D eigenvalue weighted by atomic mass is 35.5. The van der Waals surface area contributed by atoms with Crippen molar-refractivity contribution < 1.29 is 13.2 Å². The van der Waals surface area contributed by atoms with Crippen LogP contribution < -0.4 is 11.3 Å². The van der Waals surface area contributed by atoms with Crippen LogP contribution in [0.2, 0.25) is 5.15 Å². The molecule has 7 heteroatoms. The maximum atomic E-state index is 12.5. The molecule has 112 valence electrons. The van der Waals surface area contributed by atoms with E-state index in [4.69, 9.17) is 17.4 Å². The number of benzene rings is 1. The van der Waals surface area contributed by atoms with Gasteiger partial charge in [-0.1, -0.05) is 29.8 Å². The smallest absolute Gasteiger partial charge is 0.271 e. The van der Waals surface area contributed by atoms with Gasteiger partial charge in [0.05, 0.1) is 11.6 Å². The standard InChI is InChI=1S/C14H13ClF3N3/c15-13-6-3-10(8-20-13)12(21-19)7-9-1-4-11(5-2-9)14(16,17)18/h1-6,8,12,21H,7,19H2. The number of hydrogen-bond donors (Lipinski definition) is 2. The summed E-state index contributed by atoms with van der Waals surface area (Å²) in [6, 6.07) is 8.14. The average Bonchev–Trinajstić information content (AvgIpc) is 2.45. The van der Waals surface area contributed by atoms with E-state index in [1.54, 1.807) is 18.3 Å². The zero-order valence-electron chi connectivity index (χ0n) is 10.9. The van der Waals surface area contributed by atoms with Crippen LogP contribution in [0.25, 0.3) is 0 Å². The molecular weight excluding hydrogens is 303 g/mol. The number of hydrazine groups is 1. The quantitative estimate of drug-likeness (QED) is 0.516. The van der Waals surface area contributed by atoms with Gasteiger partial charge >= 0.3 is 6.18 Å². The maximum absolute atomic E-state index is 12.5. The molecule has 0 fully saturated rings. The molecular formula is C14H13ClF3N3. The Bertz CT molecular complexity index is 582. The van der Waals surface area contributed by atoms with Crippen LogP contribution in [0, 0.1) is 0 Å². The van der Waals surface area contributed by atoms with Crippen LogP contribution in [-0.4, -0.2) is 4.98 Å². The molecule has 1 heterocycles. The van der Waals surface area contributed by atoms with Crippen LogP contribution in [0.1, 0.15) is 22.7 Å². The van der Waals surface area contributed by atoms with Crippen molar-refractivity contribution in [3.8, 4) is 0 Å². The SMILES string of the molecule is NNC(Cc1ccc(C(F)(F)F)cc1)c1ccc(Cl)nc1. The molecule has 0 radical (unpaired) electrons. The molecule has 3 nitrogen and oxygen atoms in total. The van der Waals surface area contributed by atoms with E-state index >= 15 is 0 Å². The molecule has 1 aromatic carbocycles. The van der Waals surface area contributed by atoms with Gasteiger partial charge in [0.1, 0.15) is 5.15 Å². The minimum absolute atomic E-state index is 0.258. The maximum Gasteiger partial charge on any atom is 0.416 e. The average molecular weight is 316 g/mol. The molecule has 1 atom stereocenters. The normalized spacial score (nSPS) is 13.2. The Kier molecular flexibility index (Phi) is 4.82. The third-order valence-electron chi connectivity index (χ3n) is 3.07. The Hall–Kier alpha value is -1.63. The fraction of sp³-hybridized carbons (Fsp3) is 0.214. The summed E-state index contributed by atoms with van der Waals surface area (Å²) < 4.78 is 37.5. The van der Waals surface area contributed by atoms with Crippen molar-refractivity contribution in [1.82, 2.24) is 10.4 Å². The van der Waals surface area contributed by atoms with Crippen molar-refractivity contribution in [2.45, 2.75) is 18.6 Å². The highest BCUT2D eigenvalue weighted by molar-refractivity contribution is 6.29. The van der Waals surface area contributed by atoms with Crippen LogP contribution in [0.15, 0.2) is 42.6 Å². The van der Waals surface area contributed by atoms with Gasteiger partial charge in [-0.05, 0) is 35.7 Å². The largest absolute Gasteiger partial charge is 0.416 e. The molecule has 1 aromatic heterocycles. The number of halogens is 4. The van der Waals surface area contributed by atoms with Crippen LogP contribution in [-0.2, 0) is 12.6 Å². The summed E-state index contributed by atoms with van der Waals surface area (Å²) >= 11 is 5.71. The molecule has 3 N–H and O–H groups in total. The molecule has 2 aromatic rings. The second-order valence-electron chi connectivity index (χ2n) is 4.53. The Morgan fingerprint density at radius 3 is 2.29 bits per heavy atom. The van der Waals surface area contributed by atoms with E-state index in [2.05, 4.69) is 10.4 Å². The van der Waals surface area contributed by atoms with Crippen molar-refractivity contribution in [3.05, 3.63) is 64.4 Å². The highest BCUT2D eigenvalue weighted by Gasteiger charge is 2.30. The van der Waals surface area contributed by atoms with Gasteiger partial charge in [0.15, 0.2) is 0 Å². The van der Waals surface area contributed by atoms with Gasteiger partial charge < -0.3 is 0 Å². The Balaban J connectivity index is 2.13. The van der Waals surface area contributed by atoms with Crippen LogP contribution in [0.5, 0.6) is 0 Å². The van der Waals surface area contributed by atoms with Crippen molar-refractivity contribution in [2.24, 2.45) is 5.84 Å². The lowest BCUT2D eigenvalue weighted by Crippen LogP contribution is -2.29. The number of rotatable bonds is 4. The molecule has 0 aliphatic heterocycles. The van der Waals surface area contributed by atoms with Crippen molar-refractivity contribution >= 4 is 11.6 Å². The second-order valence-corrected chi connectivity index (χ2v) is 4.92. The predicted molar refractivity (Wildman–Crippen MR) is 74.5 cm³/mol. The fourth-order valence-electron chi connectivity index (χ4n) is 1.93. The second kappa shape index (κ2) is 6.43. The van der Waals surface area contributed by atoms with Gasteiger partial charge in [-0.3, -0.25) is 11.3 Å². The van der Waals surface area contributed by atoms with Gasteiger partial charge in [-0.25, -0.2) is 4.98 Å². The molecule has 0 saturated heterocycles. The lowest BCUT2D eigenvalue weighted by molar-refractivity contribution is -0.137. The predicted octanol–water partition coefficient (Wildman–Crippen LogP) is 3.50. The summed E-state index contributed by atoms with van der Waals surface area (Å²) in [5.41, 5.74) is 3.50. The molecule has 0 amide bonds. The third kappa shape index (κ3) is 4.17. The third-order valence-corrected chi connectivity index (χ3v) is 3.30. The summed E-state index contributed by atoms with van der Waals surface area (Å²) in [5.74, 6) is 5.50. The van der Waals surface area contributed by atoms with E-state index < -0.39 is 11.7 Å². The molecule has 1 unspecified atom stereocenters. The number of aromatic nitrogens is 1. The van der Waals surface area contributed by atoms with E-state index in [-0.39, 0.29) is 6.04 Å². The summed E-state index contributed by atoms with van der Waals surface area (Å²) in [4.78, 5) is 3.96. The molecule has 0 saturated carbocycles. The summed E-state index contributed by atoms with van der Waals surface area (Å²) in [5, 5.41) is 0.365. The Morgan fingerprint density at radius 2 is 1.81 bits per heavy atom. The minimum atomic E-state index is -4.33. The zero-order chi connectivity index (χ0) is 15.5. The first-order valence-corrected chi connectivity index (χ1v) is 6.51. The molecule has 21 heavy (non-hydrogen) atoms. The van der Waals surface area contributed by atoms with Gasteiger partial charge in [0, 0.05) is 6.20 Å². The van der Waals surface area contributed by atoms with E-state index in [1.807, 2.05) is 0 Å². The van der Waals surface area contributed by atoms with E-state index in [9.17, 15) is 13.2 Å². The Morgan fingerprint density at radius 1 is 1.14 bits per heavy atom. The lowest BCUT2D eigenvalue weighted by Gasteiger charge is -2.16. The van der Waals surface area contributed by atoms with Crippen LogP contribution >= 0.6 is 11.6 Å². The van der Waals surface area contributed by atoms with Crippen LogP contribution in [0.4, 0.5) is 13.2 Å². The first-order chi connectivity index (χ1) is 9.90. The van der Waals surface area contributed by atoms with E-state index in [0.717, 1.165) is 23.3 Å². The number of alkyl halides is 3. The van der Waals surface area contributed by atoms with Gasteiger partial charge in [0.2, 0.25) is 0 Å². The fourth-order valence-corrected chi connectivity index (χ4v) is 2.04. The van der Waals surface area contributed by atoms with Crippen LogP contribution in [0.3, 0.4) is 0 Å².